The van der Waals surface area contributed by atoms with Crippen LogP contribution in [-0.2, 0) is 4.79 Å². The summed E-state index contributed by atoms with van der Waals surface area (Å²) in [5.74, 6) is -0.395. The van der Waals surface area contributed by atoms with Crippen LogP contribution in [0.4, 0.5) is 10.1 Å². The van der Waals surface area contributed by atoms with Crippen LogP contribution >= 0.6 is 11.8 Å². The van der Waals surface area contributed by atoms with Gasteiger partial charge in [-0.25, -0.2) is 9.18 Å². The van der Waals surface area contributed by atoms with Crippen molar-refractivity contribution in [1.82, 2.24) is 0 Å². The molecule has 1 fully saturated rings. The van der Waals surface area contributed by atoms with E-state index in [1.165, 1.54) is 12.1 Å². The normalized spacial score (nSPS) is 18.7. The van der Waals surface area contributed by atoms with Gasteiger partial charge in [0.25, 0.3) is 0 Å². The van der Waals surface area contributed by atoms with Crippen molar-refractivity contribution in [3.8, 4) is 0 Å². The third-order valence-corrected chi connectivity index (χ3v) is 4.95. The molecule has 0 aromatic heterocycles. The Bertz CT molecular complexity index is 557. The third kappa shape index (κ3) is 4.24. The first-order chi connectivity index (χ1) is 9.89. The van der Waals surface area contributed by atoms with Crippen LogP contribution in [0.25, 0.3) is 6.08 Å². The number of thioether (sulfide) groups is 1. The first kappa shape index (κ1) is 15.9. The highest BCUT2D eigenvalue weighted by molar-refractivity contribution is 8.00. The number of hydrogen-bond donors (Lipinski definition) is 1. The summed E-state index contributed by atoms with van der Waals surface area (Å²) in [7, 11) is 0. The van der Waals surface area contributed by atoms with E-state index in [2.05, 4.69) is 13.8 Å². The van der Waals surface area contributed by atoms with Crippen molar-refractivity contribution in [3.63, 3.8) is 0 Å². The summed E-state index contributed by atoms with van der Waals surface area (Å²) < 4.78 is 14.4. The molecule has 0 radical (unpaired) electrons. The van der Waals surface area contributed by atoms with Gasteiger partial charge in [0, 0.05) is 35.2 Å². The standard InChI is InChI=1S/C16H20FNO2S/c1-16(2)8-9-18(10-11-21-16)15-12(6-7-14(19)20)4-3-5-13(15)17/h3-7H,8-11H2,1-2H3,(H,19,20)/b7-6+. The van der Waals surface area contributed by atoms with Crippen LogP contribution in [0, 0.1) is 5.82 Å². The second kappa shape index (κ2) is 6.52. The van der Waals surface area contributed by atoms with E-state index in [1.54, 1.807) is 12.1 Å². The Morgan fingerprint density at radius 3 is 2.90 bits per heavy atom. The molecule has 0 spiro atoms. The van der Waals surface area contributed by atoms with Gasteiger partial charge in [0.15, 0.2) is 0 Å². The minimum atomic E-state index is -1.03. The lowest BCUT2D eigenvalue weighted by atomic mass is 10.1. The highest BCUT2D eigenvalue weighted by Crippen LogP contribution is 2.34. The van der Waals surface area contributed by atoms with Gasteiger partial charge in [-0.1, -0.05) is 26.0 Å². The van der Waals surface area contributed by atoms with Crippen molar-refractivity contribution in [2.24, 2.45) is 0 Å². The van der Waals surface area contributed by atoms with Crippen molar-refractivity contribution < 1.29 is 14.3 Å². The van der Waals surface area contributed by atoms with Crippen molar-refractivity contribution in [1.29, 1.82) is 0 Å². The molecule has 5 heteroatoms. The zero-order valence-electron chi connectivity index (χ0n) is 12.3. The molecular formula is C16H20FNO2S. The zero-order chi connectivity index (χ0) is 15.5. The second-order valence-corrected chi connectivity index (χ2v) is 7.50. The van der Waals surface area contributed by atoms with E-state index in [9.17, 15) is 9.18 Å². The van der Waals surface area contributed by atoms with Crippen molar-refractivity contribution >= 4 is 29.5 Å². The highest BCUT2D eigenvalue weighted by Gasteiger charge is 2.25. The summed E-state index contributed by atoms with van der Waals surface area (Å²) in [6.45, 7) is 5.94. The minimum absolute atomic E-state index is 0.192. The number of carbonyl (C=O) groups is 1. The van der Waals surface area contributed by atoms with Gasteiger partial charge in [-0.15, -0.1) is 0 Å². The number of halogens is 1. The molecule has 0 bridgehead atoms. The number of nitrogens with zero attached hydrogens (tertiary/aromatic N) is 1. The Balaban J connectivity index is 2.31. The fourth-order valence-electron chi connectivity index (χ4n) is 2.41. The Kier molecular flexibility index (Phi) is 4.93. The lowest BCUT2D eigenvalue weighted by molar-refractivity contribution is -0.131. The molecule has 1 aliphatic rings. The molecular weight excluding hydrogens is 289 g/mol. The van der Waals surface area contributed by atoms with Crippen LogP contribution in [0.2, 0.25) is 0 Å². The van der Waals surface area contributed by atoms with E-state index in [0.717, 1.165) is 31.3 Å². The van der Waals surface area contributed by atoms with E-state index in [1.807, 2.05) is 16.7 Å². The van der Waals surface area contributed by atoms with E-state index < -0.39 is 5.97 Å². The Morgan fingerprint density at radius 2 is 2.19 bits per heavy atom. The van der Waals surface area contributed by atoms with Crippen molar-refractivity contribution in [3.05, 3.63) is 35.7 Å². The van der Waals surface area contributed by atoms with Crippen LogP contribution in [0.3, 0.4) is 0 Å². The Morgan fingerprint density at radius 1 is 1.43 bits per heavy atom. The van der Waals surface area contributed by atoms with Crippen LogP contribution < -0.4 is 4.90 Å². The summed E-state index contributed by atoms with van der Waals surface area (Å²) in [6, 6.07) is 4.79. The third-order valence-electron chi connectivity index (χ3n) is 3.58. The molecule has 1 saturated heterocycles. The summed E-state index contributed by atoms with van der Waals surface area (Å²) in [5, 5.41) is 8.76. The molecule has 0 saturated carbocycles. The fourth-order valence-corrected chi connectivity index (χ4v) is 3.51. The van der Waals surface area contributed by atoms with Crippen molar-refractivity contribution in [2.75, 3.05) is 23.7 Å². The average molecular weight is 309 g/mol. The van der Waals surface area contributed by atoms with Gasteiger partial charge in [0.1, 0.15) is 5.82 Å². The maximum absolute atomic E-state index is 14.3. The Hall–Kier alpha value is -1.49. The largest absolute Gasteiger partial charge is 0.478 e. The van der Waals surface area contributed by atoms with Crippen LogP contribution in [-0.4, -0.2) is 34.7 Å². The number of aliphatic carboxylic acids is 1. The molecule has 1 aromatic carbocycles. The molecule has 1 aromatic rings. The zero-order valence-corrected chi connectivity index (χ0v) is 13.1. The van der Waals surface area contributed by atoms with E-state index in [0.29, 0.717) is 11.3 Å². The predicted molar refractivity (Wildman–Crippen MR) is 86.4 cm³/mol. The fraction of sp³-hybridized carbons (Fsp3) is 0.438. The molecule has 21 heavy (non-hydrogen) atoms. The number of anilines is 1. The molecule has 2 rings (SSSR count). The molecule has 114 valence electrons. The van der Waals surface area contributed by atoms with Gasteiger partial charge in [0.05, 0.1) is 5.69 Å². The van der Waals surface area contributed by atoms with E-state index in [-0.39, 0.29) is 10.6 Å². The molecule has 0 atom stereocenters. The molecule has 0 unspecified atom stereocenters. The molecule has 0 aliphatic carbocycles. The van der Waals surface area contributed by atoms with Gasteiger partial charge in [-0.05, 0) is 18.6 Å². The van der Waals surface area contributed by atoms with Crippen LogP contribution in [0.5, 0.6) is 0 Å². The first-order valence-corrected chi connectivity index (χ1v) is 7.96. The van der Waals surface area contributed by atoms with E-state index in [4.69, 9.17) is 5.11 Å². The lowest BCUT2D eigenvalue weighted by Gasteiger charge is -2.26. The van der Waals surface area contributed by atoms with E-state index >= 15 is 0 Å². The average Bonchev–Trinajstić information content (AvgIpc) is 2.57. The first-order valence-electron chi connectivity index (χ1n) is 6.97. The van der Waals surface area contributed by atoms with Crippen LogP contribution in [0.1, 0.15) is 25.8 Å². The van der Waals surface area contributed by atoms with Gasteiger partial charge in [-0.2, -0.15) is 11.8 Å². The summed E-state index contributed by atoms with van der Waals surface area (Å²) >= 11 is 1.89. The van der Waals surface area contributed by atoms with Gasteiger partial charge in [0.2, 0.25) is 0 Å². The second-order valence-electron chi connectivity index (χ2n) is 5.69. The predicted octanol–water partition coefficient (Wildman–Crippen LogP) is 3.65. The SMILES string of the molecule is CC1(C)CCN(c2c(F)cccc2/C=C/C(=O)O)CCS1. The number of rotatable bonds is 3. The summed E-state index contributed by atoms with van der Waals surface area (Å²) in [4.78, 5) is 12.7. The lowest BCUT2D eigenvalue weighted by Crippen LogP contribution is -2.28. The molecule has 1 N–H and O–H groups in total. The number of hydrogen-bond acceptors (Lipinski definition) is 3. The van der Waals surface area contributed by atoms with Crippen molar-refractivity contribution in [2.45, 2.75) is 25.0 Å². The Labute approximate surface area is 128 Å². The number of carboxylic acid groups (broad SMARTS) is 1. The molecule has 1 aliphatic heterocycles. The maximum Gasteiger partial charge on any atom is 0.328 e. The summed E-state index contributed by atoms with van der Waals surface area (Å²) in [6.07, 6.45) is 3.48. The molecule has 1 heterocycles. The molecule has 0 amide bonds. The smallest absolute Gasteiger partial charge is 0.328 e. The topological polar surface area (TPSA) is 40.5 Å². The van der Waals surface area contributed by atoms with Gasteiger partial charge < -0.3 is 10.0 Å². The number of para-hydroxylation sites is 1. The maximum atomic E-state index is 14.3. The number of carboxylic acids is 1. The van der Waals surface area contributed by atoms with Gasteiger partial charge in [-0.3, -0.25) is 0 Å². The highest BCUT2D eigenvalue weighted by atomic mass is 32.2. The quantitative estimate of drug-likeness (QED) is 0.865. The minimum Gasteiger partial charge on any atom is -0.478 e. The monoisotopic (exact) mass is 309 g/mol. The summed E-state index contributed by atoms with van der Waals surface area (Å²) in [5.41, 5.74) is 1.12. The number of benzene rings is 1. The van der Waals surface area contributed by atoms with Crippen LogP contribution in [0.15, 0.2) is 24.3 Å². The van der Waals surface area contributed by atoms with Gasteiger partial charge >= 0.3 is 5.97 Å². The molecule has 3 nitrogen and oxygen atoms in total.